The molecule has 2 heterocycles. The van der Waals surface area contributed by atoms with Crippen LogP contribution in [0.15, 0.2) is 30.3 Å². The van der Waals surface area contributed by atoms with Crippen LogP contribution in [0.4, 0.5) is 11.4 Å². The first-order valence-electron chi connectivity index (χ1n) is 7.38. The molecule has 2 aromatic rings. The van der Waals surface area contributed by atoms with E-state index in [4.69, 9.17) is 5.11 Å². The van der Waals surface area contributed by atoms with Gasteiger partial charge >= 0.3 is 5.97 Å². The molecule has 1 aliphatic rings. The molecule has 1 amide bonds. The minimum absolute atomic E-state index is 0.129. The van der Waals surface area contributed by atoms with Crippen LogP contribution in [0.25, 0.3) is 0 Å². The van der Waals surface area contributed by atoms with Gasteiger partial charge in [-0.05, 0) is 18.6 Å². The topological polar surface area (TPSA) is 78.7 Å². The number of aromatic nitrogens is 2. The number of aryl methyl sites for hydroxylation is 1. The Morgan fingerprint density at radius 2 is 1.83 bits per heavy atom. The van der Waals surface area contributed by atoms with Gasteiger partial charge in [-0.2, -0.15) is 5.10 Å². The summed E-state index contributed by atoms with van der Waals surface area (Å²) in [6.07, 6.45) is 0.834. The van der Waals surface area contributed by atoms with Crippen LogP contribution in [0.5, 0.6) is 0 Å². The van der Waals surface area contributed by atoms with Gasteiger partial charge in [-0.3, -0.25) is 9.48 Å². The average molecular weight is 314 g/mol. The highest BCUT2D eigenvalue weighted by Crippen LogP contribution is 2.32. The Hall–Kier alpha value is -2.83. The molecule has 0 spiro atoms. The van der Waals surface area contributed by atoms with Crippen molar-refractivity contribution in [1.29, 1.82) is 0 Å². The van der Waals surface area contributed by atoms with Gasteiger partial charge in [-0.1, -0.05) is 12.1 Å². The molecule has 0 aliphatic carbocycles. The number of aromatic carboxylic acids is 1. The molecule has 1 aromatic carbocycles. The molecule has 0 atom stereocenters. The van der Waals surface area contributed by atoms with E-state index in [9.17, 15) is 9.59 Å². The van der Waals surface area contributed by atoms with Crippen molar-refractivity contribution >= 4 is 23.3 Å². The Morgan fingerprint density at radius 3 is 2.48 bits per heavy atom. The fourth-order valence-electron chi connectivity index (χ4n) is 2.84. The molecule has 1 N–H and O–H groups in total. The minimum atomic E-state index is -1.14. The van der Waals surface area contributed by atoms with Crippen LogP contribution in [-0.2, 0) is 7.05 Å². The van der Waals surface area contributed by atoms with Crippen LogP contribution < -0.4 is 9.80 Å². The Labute approximate surface area is 133 Å². The zero-order valence-corrected chi connectivity index (χ0v) is 13.1. The first-order valence-corrected chi connectivity index (χ1v) is 7.38. The highest BCUT2D eigenvalue weighted by Gasteiger charge is 2.27. The number of nitrogens with zero attached hydrogens (tertiary/aromatic N) is 4. The second-order valence-corrected chi connectivity index (χ2v) is 5.56. The molecular weight excluding hydrogens is 296 g/mol. The number of carboxylic acid groups (broad SMARTS) is 1. The summed E-state index contributed by atoms with van der Waals surface area (Å²) < 4.78 is 1.32. The number of anilines is 2. The number of hydrogen-bond acceptors (Lipinski definition) is 4. The van der Waals surface area contributed by atoms with Gasteiger partial charge in [0.15, 0.2) is 5.69 Å². The van der Waals surface area contributed by atoms with E-state index in [-0.39, 0.29) is 17.3 Å². The predicted octanol–water partition coefficient (Wildman–Crippen LogP) is 1.60. The molecule has 0 bridgehead atoms. The van der Waals surface area contributed by atoms with E-state index in [1.807, 2.05) is 31.3 Å². The molecule has 7 heteroatoms. The molecule has 23 heavy (non-hydrogen) atoms. The van der Waals surface area contributed by atoms with E-state index in [2.05, 4.69) is 10.00 Å². The van der Waals surface area contributed by atoms with Crippen LogP contribution in [0.2, 0.25) is 0 Å². The number of carbonyl (C=O) groups excluding carboxylic acids is 1. The van der Waals surface area contributed by atoms with Crippen LogP contribution in [0.1, 0.15) is 27.4 Å². The summed E-state index contributed by atoms with van der Waals surface area (Å²) in [5.41, 5.74) is 1.95. The number of amides is 1. The normalized spacial score (nSPS) is 14.3. The highest BCUT2D eigenvalue weighted by molar-refractivity contribution is 6.07. The number of hydrogen-bond donors (Lipinski definition) is 1. The van der Waals surface area contributed by atoms with Crippen LogP contribution in [0.3, 0.4) is 0 Å². The van der Waals surface area contributed by atoms with Gasteiger partial charge in [-0.15, -0.1) is 0 Å². The second kappa shape index (κ2) is 5.75. The molecule has 0 saturated carbocycles. The van der Waals surface area contributed by atoms with Crippen molar-refractivity contribution in [3.05, 3.63) is 41.7 Å². The standard InChI is InChI=1S/C16H18N4O3/c1-18-8-5-9-20(13-7-4-3-6-12(13)18)15(21)14-10-11(16(22)23)17-19(14)2/h3-4,6-7,10H,5,8-9H2,1-2H3,(H,22,23). The van der Waals surface area contributed by atoms with Gasteiger partial charge < -0.3 is 14.9 Å². The van der Waals surface area contributed by atoms with Crippen LogP contribution in [0, 0.1) is 0 Å². The molecule has 3 rings (SSSR count). The molecule has 0 radical (unpaired) electrons. The quantitative estimate of drug-likeness (QED) is 0.911. The number of carbonyl (C=O) groups is 2. The maximum atomic E-state index is 12.9. The van der Waals surface area contributed by atoms with Gasteiger partial charge in [0.2, 0.25) is 0 Å². The summed E-state index contributed by atoms with van der Waals surface area (Å²) in [7, 11) is 3.58. The maximum absolute atomic E-state index is 12.9. The Balaban J connectivity index is 2.02. The lowest BCUT2D eigenvalue weighted by Gasteiger charge is -2.24. The number of rotatable bonds is 2. The predicted molar refractivity (Wildman–Crippen MR) is 86.2 cm³/mol. The number of fused-ring (bicyclic) bond motifs is 1. The van der Waals surface area contributed by atoms with Crippen molar-refractivity contribution in [1.82, 2.24) is 9.78 Å². The van der Waals surface area contributed by atoms with E-state index in [0.717, 1.165) is 24.3 Å². The highest BCUT2D eigenvalue weighted by atomic mass is 16.4. The number of para-hydroxylation sites is 2. The minimum Gasteiger partial charge on any atom is -0.476 e. The summed E-state index contributed by atoms with van der Waals surface area (Å²) >= 11 is 0. The van der Waals surface area contributed by atoms with Crippen molar-refractivity contribution in [2.45, 2.75) is 6.42 Å². The van der Waals surface area contributed by atoms with E-state index >= 15 is 0 Å². The first-order chi connectivity index (χ1) is 11.0. The summed E-state index contributed by atoms with van der Waals surface area (Å²) in [5.74, 6) is -1.38. The molecular formula is C16H18N4O3. The zero-order valence-electron chi connectivity index (χ0n) is 13.1. The lowest BCUT2D eigenvalue weighted by molar-refractivity contribution is 0.0689. The third kappa shape index (κ3) is 2.65. The van der Waals surface area contributed by atoms with Crippen molar-refractivity contribution in [2.75, 3.05) is 29.9 Å². The number of benzene rings is 1. The molecule has 1 aromatic heterocycles. The lowest BCUT2D eigenvalue weighted by atomic mass is 10.2. The van der Waals surface area contributed by atoms with Crippen molar-refractivity contribution < 1.29 is 14.7 Å². The summed E-state index contributed by atoms with van der Waals surface area (Å²) in [5, 5.41) is 12.9. The summed E-state index contributed by atoms with van der Waals surface area (Å²) in [6, 6.07) is 9.04. The van der Waals surface area contributed by atoms with Gasteiger partial charge in [-0.25, -0.2) is 4.79 Å². The smallest absolute Gasteiger partial charge is 0.356 e. The van der Waals surface area contributed by atoms with Gasteiger partial charge in [0.05, 0.1) is 11.4 Å². The summed E-state index contributed by atoms with van der Waals surface area (Å²) in [4.78, 5) is 27.8. The SMILES string of the molecule is CN1CCCN(C(=O)c2cc(C(=O)O)nn2C)c2ccccc21. The van der Waals surface area contributed by atoms with Crippen molar-refractivity contribution in [3.63, 3.8) is 0 Å². The molecule has 7 nitrogen and oxygen atoms in total. The fourth-order valence-corrected chi connectivity index (χ4v) is 2.84. The zero-order chi connectivity index (χ0) is 16.6. The van der Waals surface area contributed by atoms with Crippen LogP contribution in [-0.4, -0.2) is 46.9 Å². The molecule has 1 aliphatic heterocycles. The largest absolute Gasteiger partial charge is 0.476 e. The van der Waals surface area contributed by atoms with E-state index in [1.165, 1.54) is 10.7 Å². The van der Waals surface area contributed by atoms with Crippen LogP contribution >= 0.6 is 0 Å². The average Bonchev–Trinajstić information content (AvgIpc) is 2.84. The lowest BCUT2D eigenvalue weighted by Crippen LogP contribution is -2.33. The molecule has 0 unspecified atom stereocenters. The molecule has 120 valence electrons. The second-order valence-electron chi connectivity index (χ2n) is 5.56. The monoisotopic (exact) mass is 314 g/mol. The maximum Gasteiger partial charge on any atom is 0.356 e. The Kier molecular flexibility index (Phi) is 3.77. The molecule has 0 saturated heterocycles. The Bertz CT molecular complexity index is 768. The third-order valence-electron chi connectivity index (χ3n) is 4.02. The van der Waals surface area contributed by atoms with E-state index in [1.54, 1.807) is 11.9 Å². The first kappa shape index (κ1) is 15.1. The molecule has 0 fully saturated rings. The van der Waals surface area contributed by atoms with Crippen molar-refractivity contribution in [3.8, 4) is 0 Å². The van der Waals surface area contributed by atoms with Gasteiger partial charge in [0.1, 0.15) is 5.69 Å². The third-order valence-corrected chi connectivity index (χ3v) is 4.02. The number of carboxylic acids is 1. The summed E-state index contributed by atoms with van der Waals surface area (Å²) in [6.45, 7) is 1.43. The Morgan fingerprint density at radius 1 is 1.13 bits per heavy atom. The van der Waals surface area contributed by atoms with Gasteiger partial charge in [0, 0.05) is 33.3 Å². The van der Waals surface area contributed by atoms with E-state index in [0.29, 0.717) is 6.54 Å². The fraction of sp³-hybridized carbons (Fsp3) is 0.312. The van der Waals surface area contributed by atoms with Gasteiger partial charge in [0.25, 0.3) is 5.91 Å². The van der Waals surface area contributed by atoms with E-state index < -0.39 is 5.97 Å². The van der Waals surface area contributed by atoms with Crippen molar-refractivity contribution in [2.24, 2.45) is 7.05 Å².